The third-order valence-electron chi connectivity index (χ3n) is 5.02. The number of amides is 1. The van der Waals surface area contributed by atoms with Crippen LogP contribution in [0.3, 0.4) is 0 Å². The van der Waals surface area contributed by atoms with Gasteiger partial charge in [0.05, 0.1) is 6.54 Å². The van der Waals surface area contributed by atoms with E-state index in [0.29, 0.717) is 6.54 Å². The number of aromatic nitrogens is 1. The van der Waals surface area contributed by atoms with E-state index < -0.39 is 0 Å². The summed E-state index contributed by atoms with van der Waals surface area (Å²) in [5.41, 5.74) is 3.32. The van der Waals surface area contributed by atoms with Gasteiger partial charge in [-0.2, -0.15) is 0 Å². The van der Waals surface area contributed by atoms with Crippen molar-refractivity contribution in [2.45, 2.75) is 20.0 Å². The molecule has 0 aliphatic carbocycles. The molecule has 2 N–H and O–H groups in total. The number of carbonyl (C=O) groups excluding carboxylic acids is 1. The Hall–Kier alpha value is -2.41. The van der Waals surface area contributed by atoms with Gasteiger partial charge in [-0.25, -0.2) is 4.98 Å². The number of aryl methyl sites for hydroxylation is 1. The molecule has 152 valence electrons. The van der Waals surface area contributed by atoms with E-state index in [1.54, 1.807) is 28.5 Å². The second-order valence-electron chi connectivity index (χ2n) is 7.05. The number of nitrogens with one attached hydrogen (secondary N) is 2. The van der Waals surface area contributed by atoms with E-state index in [4.69, 9.17) is 0 Å². The Balaban J connectivity index is 0.00000240. The van der Waals surface area contributed by atoms with Gasteiger partial charge in [-0.1, -0.05) is 18.2 Å². The maximum absolute atomic E-state index is 12.6. The highest BCUT2D eigenvalue weighted by Crippen LogP contribution is 2.31. The van der Waals surface area contributed by atoms with E-state index in [-0.39, 0.29) is 18.3 Å². The number of pyridine rings is 1. The molecule has 2 aromatic heterocycles. The van der Waals surface area contributed by atoms with Crippen molar-refractivity contribution in [3.8, 4) is 0 Å². The van der Waals surface area contributed by atoms with Crippen LogP contribution in [-0.2, 0) is 17.9 Å². The van der Waals surface area contributed by atoms with Gasteiger partial charge in [0.25, 0.3) is 0 Å². The van der Waals surface area contributed by atoms with Crippen molar-refractivity contribution in [3.63, 3.8) is 0 Å². The molecule has 1 aliphatic heterocycles. The lowest BCUT2D eigenvalue weighted by atomic mass is 10.1. The van der Waals surface area contributed by atoms with Gasteiger partial charge >= 0.3 is 0 Å². The van der Waals surface area contributed by atoms with Crippen LogP contribution in [0.1, 0.15) is 21.6 Å². The van der Waals surface area contributed by atoms with E-state index >= 15 is 0 Å². The van der Waals surface area contributed by atoms with Gasteiger partial charge in [0.2, 0.25) is 5.91 Å². The zero-order valence-electron chi connectivity index (χ0n) is 16.6. The lowest BCUT2D eigenvalue weighted by molar-refractivity contribution is -0.125. The first-order valence-corrected chi connectivity index (χ1v) is 10.3. The van der Waals surface area contributed by atoms with Crippen molar-refractivity contribution in [2.24, 2.45) is 0 Å². The lowest BCUT2D eigenvalue weighted by Gasteiger charge is -2.14. The van der Waals surface area contributed by atoms with Crippen molar-refractivity contribution in [1.82, 2.24) is 15.2 Å². The van der Waals surface area contributed by atoms with Crippen LogP contribution < -0.4 is 10.6 Å². The Morgan fingerprint density at radius 2 is 2.14 bits per heavy atom. The van der Waals surface area contributed by atoms with Crippen molar-refractivity contribution >= 4 is 51.6 Å². The van der Waals surface area contributed by atoms with Gasteiger partial charge < -0.3 is 15.5 Å². The van der Waals surface area contributed by atoms with Gasteiger partial charge in [0, 0.05) is 54.1 Å². The molecule has 5 nitrogen and oxygen atoms in total. The number of benzene rings is 1. The number of hydrogen-bond acceptors (Lipinski definition) is 5. The zero-order chi connectivity index (χ0) is 19.5. The molecule has 0 spiro atoms. The van der Waals surface area contributed by atoms with Crippen molar-refractivity contribution in [2.75, 3.05) is 25.5 Å². The molecule has 1 aromatic carbocycles. The van der Waals surface area contributed by atoms with Gasteiger partial charge in [-0.05, 0) is 41.6 Å². The molecule has 0 atom stereocenters. The minimum Gasteiger partial charge on any atom is -0.369 e. The molecule has 3 heterocycles. The fourth-order valence-corrected chi connectivity index (χ4v) is 4.63. The molecule has 0 unspecified atom stereocenters. The van der Waals surface area contributed by atoms with Crippen LogP contribution in [0.25, 0.3) is 16.2 Å². The second kappa shape index (κ2) is 9.39. The molecule has 29 heavy (non-hydrogen) atoms. The number of anilines is 1. The molecule has 3 aromatic rings. The average Bonchev–Trinajstić information content (AvgIpc) is 2.88. The van der Waals surface area contributed by atoms with Crippen molar-refractivity contribution in [1.29, 1.82) is 0 Å². The van der Waals surface area contributed by atoms with Crippen LogP contribution in [0.4, 0.5) is 5.82 Å². The summed E-state index contributed by atoms with van der Waals surface area (Å²) in [5, 5.41) is 7.94. The minimum absolute atomic E-state index is 0. The van der Waals surface area contributed by atoms with E-state index in [2.05, 4.69) is 52.9 Å². The summed E-state index contributed by atoms with van der Waals surface area (Å²) in [6, 6.07) is 10.5. The highest BCUT2D eigenvalue weighted by atomic mass is 35.5. The molecular weight excluding hydrogens is 404 g/mol. The Bertz CT molecular complexity index is 1050. The average molecular weight is 429 g/mol. The molecule has 0 fully saturated rings. The number of likely N-dealkylation sites (N-methyl/N-ethyl adjacent to an activating group) is 1. The maximum atomic E-state index is 12.6. The van der Waals surface area contributed by atoms with E-state index in [1.165, 1.54) is 20.5 Å². The number of thiophene rings is 1. The van der Waals surface area contributed by atoms with Crippen LogP contribution >= 0.6 is 23.7 Å². The third kappa shape index (κ3) is 4.78. The van der Waals surface area contributed by atoms with Gasteiger partial charge in [-0.3, -0.25) is 4.79 Å². The largest absolute Gasteiger partial charge is 0.369 e. The second-order valence-corrected chi connectivity index (χ2v) is 8.19. The maximum Gasteiger partial charge on any atom is 0.246 e. The number of halogens is 1. The first-order chi connectivity index (χ1) is 13.6. The third-order valence-corrected chi connectivity index (χ3v) is 6.27. The first kappa shape index (κ1) is 21.3. The Labute approximate surface area is 181 Å². The highest BCUT2D eigenvalue weighted by Gasteiger charge is 2.13. The standard InChI is InChI=1S/C22H24N4OS.ClH/c1-15-18-5-3-4-6-19(18)28-20(15)14-26(2)21(27)8-7-16-11-17-13-23-9-10-24-22(17)25-12-16;/h3-8,11-12,23H,9-10,13-14H2,1-2H3,(H,24,25);1H/b8-7+;. The number of fused-ring (bicyclic) bond motifs is 2. The van der Waals surface area contributed by atoms with Crippen LogP contribution in [-0.4, -0.2) is 35.9 Å². The lowest BCUT2D eigenvalue weighted by Crippen LogP contribution is -2.23. The van der Waals surface area contributed by atoms with Gasteiger partial charge in [0.1, 0.15) is 5.82 Å². The molecule has 1 aliphatic rings. The van der Waals surface area contributed by atoms with Crippen molar-refractivity contribution in [3.05, 3.63) is 64.2 Å². The number of carbonyl (C=O) groups is 1. The predicted octanol–water partition coefficient (Wildman–Crippen LogP) is 4.21. The molecular formula is C22H25ClN4OS. The SMILES string of the molecule is Cc1c(CN(C)C(=O)/C=C/c2cnc3c(c2)CNCCN3)sc2ccccc12.Cl. The molecule has 0 radical (unpaired) electrons. The summed E-state index contributed by atoms with van der Waals surface area (Å²) in [6.07, 6.45) is 5.27. The number of hydrogen-bond donors (Lipinski definition) is 2. The Kier molecular flexibility index (Phi) is 6.90. The number of rotatable bonds is 4. The summed E-state index contributed by atoms with van der Waals surface area (Å²) >= 11 is 1.76. The molecule has 0 saturated carbocycles. The van der Waals surface area contributed by atoms with E-state index in [1.807, 2.05) is 13.1 Å². The topological polar surface area (TPSA) is 57.3 Å². The van der Waals surface area contributed by atoms with Crippen LogP contribution in [0.5, 0.6) is 0 Å². The predicted molar refractivity (Wildman–Crippen MR) is 124 cm³/mol. The smallest absolute Gasteiger partial charge is 0.246 e. The zero-order valence-corrected chi connectivity index (χ0v) is 18.2. The molecule has 4 rings (SSSR count). The number of nitrogens with zero attached hydrogens (tertiary/aromatic N) is 2. The Morgan fingerprint density at radius 3 is 2.97 bits per heavy atom. The van der Waals surface area contributed by atoms with Crippen LogP contribution in [0, 0.1) is 6.92 Å². The fraction of sp³-hybridized carbons (Fsp3) is 0.273. The van der Waals surface area contributed by atoms with Crippen LogP contribution in [0.15, 0.2) is 42.6 Å². The monoisotopic (exact) mass is 428 g/mol. The Morgan fingerprint density at radius 1 is 1.31 bits per heavy atom. The highest BCUT2D eigenvalue weighted by molar-refractivity contribution is 7.19. The van der Waals surface area contributed by atoms with Gasteiger partial charge in [0.15, 0.2) is 0 Å². The molecule has 1 amide bonds. The molecule has 7 heteroatoms. The molecule has 0 saturated heterocycles. The molecule has 0 bridgehead atoms. The fourth-order valence-electron chi connectivity index (χ4n) is 3.37. The summed E-state index contributed by atoms with van der Waals surface area (Å²) in [5.74, 6) is 0.911. The van der Waals surface area contributed by atoms with Gasteiger partial charge in [-0.15, -0.1) is 23.7 Å². The van der Waals surface area contributed by atoms with E-state index in [0.717, 1.165) is 36.6 Å². The summed E-state index contributed by atoms with van der Waals surface area (Å²) < 4.78 is 1.27. The normalized spacial score (nSPS) is 13.4. The first-order valence-electron chi connectivity index (χ1n) is 9.45. The minimum atomic E-state index is -0.0111. The van der Waals surface area contributed by atoms with E-state index in [9.17, 15) is 4.79 Å². The van der Waals surface area contributed by atoms with Crippen LogP contribution in [0.2, 0.25) is 0 Å². The summed E-state index contributed by atoms with van der Waals surface area (Å²) in [7, 11) is 1.85. The van der Waals surface area contributed by atoms with Crippen molar-refractivity contribution < 1.29 is 4.79 Å². The quantitative estimate of drug-likeness (QED) is 0.611. The summed E-state index contributed by atoms with van der Waals surface area (Å²) in [6.45, 7) is 5.32. The summed E-state index contributed by atoms with van der Waals surface area (Å²) in [4.78, 5) is 20.1.